The number of piperazine rings is 1. The molecule has 1 fully saturated rings. The van der Waals surface area contributed by atoms with Crippen LogP contribution in [0.1, 0.15) is 22.2 Å². The van der Waals surface area contributed by atoms with Gasteiger partial charge in [-0.1, -0.05) is 36.4 Å². The summed E-state index contributed by atoms with van der Waals surface area (Å²) < 4.78 is 3.71. The standard InChI is InChI=1S/C23H24N6O/c1-26-12-13-28(23(30)20-10-11-25-27(20)2)15-21(26)22-19-9-8-18(14-29(19)16-24-22)17-6-4-3-5-7-17/h3-11,14,16,21H,12-13,15H2,1-2H3/t21-/m0/s1. The molecular weight excluding hydrogens is 376 g/mol. The highest BCUT2D eigenvalue weighted by molar-refractivity contribution is 5.92. The molecule has 1 atom stereocenters. The van der Waals surface area contributed by atoms with Gasteiger partial charge in [0.15, 0.2) is 0 Å². The van der Waals surface area contributed by atoms with Gasteiger partial charge < -0.3 is 9.30 Å². The second kappa shape index (κ2) is 7.42. The number of rotatable bonds is 3. The molecule has 0 N–H and O–H groups in total. The lowest BCUT2D eigenvalue weighted by molar-refractivity contribution is 0.0532. The molecule has 0 spiro atoms. The van der Waals surface area contributed by atoms with Crippen LogP contribution in [0.2, 0.25) is 0 Å². The minimum Gasteiger partial charge on any atom is -0.334 e. The average Bonchev–Trinajstić information content (AvgIpc) is 3.40. The van der Waals surface area contributed by atoms with E-state index in [0.29, 0.717) is 18.8 Å². The highest BCUT2D eigenvalue weighted by Gasteiger charge is 2.32. The Balaban J connectivity index is 1.45. The Labute approximate surface area is 175 Å². The van der Waals surface area contributed by atoms with Gasteiger partial charge in [-0.2, -0.15) is 5.10 Å². The molecule has 1 saturated heterocycles. The molecule has 1 aromatic carbocycles. The largest absolute Gasteiger partial charge is 0.334 e. The number of aryl methyl sites for hydroxylation is 1. The number of aromatic nitrogens is 4. The third-order valence-electron chi connectivity index (χ3n) is 5.96. The van der Waals surface area contributed by atoms with E-state index in [1.54, 1.807) is 24.0 Å². The van der Waals surface area contributed by atoms with Crippen LogP contribution in [0, 0.1) is 0 Å². The molecule has 0 bridgehead atoms. The van der Waals surface area contributed by atoms with E-state index in [-0.39, 0.29) is 11.9 Å². The van der Waals surface area contributed by atoms with E-state index >= 15 is 0 Å². The van der Waals surface area contributed by atoms with Crippen LogP contribution >= 0.6 is 0 Å². The third kappa shape index (κ3) is 3.17. The van der Waals surface area contributed by atoms with E-state index in [1.807, 2.05) is 29.4 Å². The van der Waals surface area contributed by atoms with Crippen molar-refractivity contribution in [1.29, 1.82) is 0 Å². The van der Waals surface area contributed by atoms with Crippen LogP contribution in [0.3, 0.4) is 0 Å². The smallest absolute Gasteiger partial charge is 0.272 e. The fourth-order valence-corrected chi connectivity index (χ4v) is 4.18. The lowest BCUT2D eigenvalue weighted by Gasteiger charge is -2.38. The first kappa shape index (κ1) is 18.6. The van der Waals surface area contributed by atoms with Gasteiger partial charge in [0.05, 0.1) is 23.6 Å². The van der Waals surface area contributed by atoms with Gasteiger partial charge in [0.25, 0.3) is 5.91 Å². The van der Waals surface area contributed by atoms with Crippen molar-refractivity contribution in [2.24, 2.45) is 7.05 Å². The van der Waals surface area contributed by atoms with Crippen LogP contribution in [-0.4, -0.2) is 61.6 Å². The van der Waals surface area contributed by atoms with Gasteiger partial charge >= 0.3 is 0 Å². The summed E-state index contributed by atoms with van der Waals surface area (Å²) in [6.45, 7) is 2.10. The van der Waals surface area contributed by atoms with E-state index in [4.69, 9.17) is 4.98 Å². The maximum Gasteiger partial charge on any atom is 0.272 e. The number of fused-ring (bicyclic) bond motifs is 1. The van der Waals surface area contributed by atoms with Gasteiger partial charge in [0.1, 0.15) is 5.69 Å². The Morgan fingerprint density at radius 1 is 1.00 bits per heavy atom. The number of likely N-dealkylation sites (N-methyl/N-ethyl adjacent to an activating group) is 1. The number of amides is 1. The minimum atomic E-state index is 0.0166. The Hall–Kier alpha value is -3.45. The van der Waals surface area contributed by atoms with Crippen molar-refractivity contribution in [3.05, 3.63) is 78.6 Å². The highest BCUT2D eigenvalue weighted by atomic mass is 16.2. The van der Waals surface area contributed by atoms with Crippen molar-refractivity contribution in [3.8, 4) is 11.1 Å². The molecule has 3 aromatic heterocycles. The summed E-state index contributed by atoms with van der Waals surface area (Å²) in [5, 5.41) is 4.13. The quantitative estimate of drug-likeness (QED) is 0.531. The molecule has 0 aliphatic carbocycles. The van der Waals surface area contributed by atoms with Crippen LogP contribution in [0.5, 0.6) is 0 Å². The minimum absolute atomic E-state index is 0.0166. The zero-order chi connectivity index (χ0) is 20.7. The van der Waals surface area contributed by atoms with Crippen molar-refractivity contribution in [1.82, 2.24) is 29.0 Å². The monoisotopic (exact) mass is 400 g/mol. The number of carbonyl (C=O) groups is 1. The molecule has 7 heteroatoms. The Morgan fingerprint density at radius 2 is 1.83 bits per heavy atom. The van der Waals surface area contributed by atoms with Crippen molar-refractivity contribution >= 4 is 11.4 Å². The zero-order valence-electron chi connectivity index (χ0n) is 17.1. The number of benzene rings is 1. The molecule has 1 aliphatic heterocycles. The van der Waals surface area contributed by atoms with E-state index < -0.39 is 0 Å². The zero-order valence-corrected chi connectivity index (χ0v) is 17.1. The summed E-state index contributed by atoms with van der Waals surface area (Å²) in [6.07, 6.45) is 5.64. The highest BCUT2D eigenvalue weighted by Crippen LogP contribution is 2.29. The lowest BCUT2D eigenvalue weighted by Crippen LogP contribution is -2.49. The molecule has 1 amide bonds. The molecule has 4 heterocycles. The van der Waals surface area contributed by atoms with Crippen molar-refractivity contribution in [2.75, 3.05) is 26.7 Å². The average molecular weight is 400 g/mol. The van der Waals surface area contributed by atoms with Gasteiger partial charge in [-0.25, -0.2) is 4.98 Å². The fourth-order valence-electron chi connectivity index (χ4n) is 4.18. The maximum atomic E-state index is 13.0. The summed E-state index contributed by atoms with van der Waals surface area (Å²) in [7, 11) is 3.90. The van der Waals surface area contributed by atoms with E-state index in [1.165, 1.54) is 5.56 Å². The number of imidazole rings is 1. The van der Waals surface area contributed by atoms with Crippen molar-refractivity contribution in [3.63, 3.8) is 0 Å². The number of pyridine rings is 1. The van der Waals surface area contributed by atoms with Crippen LogP contribution < -0.4 is 0 Å². The number of nitrogens with zero attached hydrogens (tertiary/aromatic N) is 6. The summed E-state index contributed by atoms with van der Waals surface area (Å²) in [5.74, 6) is 0.0166. The molecule has 7 nitrogen and oxygen atoms in total. The summed E-state index contributed by atoms with van der Waals surface area (Å²) in [5.41, 5.74) is 5.01. The molecule has 30 heavy (non-hydrogen) atoms. The first-order valence-corrected chi connectivity index (χ1v) is 10.1. The topological polar surface area (TPSA) is 58.7 Å². The van der Waals surface area contributed by atoms with E-state index in [2.05, 4.69) is 51.9 Å². The van der Waals surface area contributed by atoms with Crippen molar-refractivity contribution < 1.29 is 4.79 Å². The SMILES string of the molecule is CN1CCN(C(=O)c2ccnn2C)C[C@H]1c1ncn2cc(-c3ccccc3)ccc12. The molecule has 1 aliphatic rings. The molecule has 152 valence electrons. The number of carbonyl (C=O) groups excluding carboxylic acids is 1. The number of hydrogen-bond donors (Lipinski definition) is 0. The second-order valence-electron chi connectivity index (χ2n) is 7.79. The van der Waals surface area contributed by atoms with Gasteiger partial charge in [-0.15, -0.1) is 0 Å². The molecule has 0 radical (unpaired) electrons. The number of hydrogen-bond acceptors (Lipinski definition) is 4. The molecule has 0 saturated carbocycles. The lowest BCUT2D eigenvalue weighted by atomic mass is 10.1. The van der Waals surface area contributed by atoms with Crippen LogP contribution in [0.25, 0.3) is 16.6 Å². The maximum absolute atomic E-state index is 13.0. The summed E-state index contributed by atoms with van der Waals surface area (Å²) in [6, 6.07) is 16.4. The van der Waals surface area contributed by atoms with Gasteiger partial charge in [-0.05, 0) is 30.3 Å². The fraction of sp³-hybridized carbons (Fsp3) is 0.261. The Bertz CT molecular complexity index is 1190. The molecule has 0 unspecified atom stereocenters. The third-order valence-corrected chi connectivity index (χ3v) is 5.96. The van der Waals surface area contributed by atoms with Crippen LogP contribution in [-0.2, 0) is 7.05 Å². The second-order valence-corrected chi connectivity index (χ2v) is 7.79. The van der Waals surface area contributed by atoms with Crippen LogP contribution in [0.15, 0.2) is 67.3 Å². The summed E-state index contributed by atoms with van der Waals surface area (Å²) in [4.78, 5) is 21.9. The molecule has 4 aromatic rings. The van der Waals surface area contributed by atoms with E-state index in [0.717, 1.165) is 23.3 Å². The van der Waals surface area contributed by atoms with Crippen LogP contribution in [0.4, 0.5) is 0 Å². The molecular formula is C23H24N6O. The molecule has 5 rings (SSSR count). The Kier molecular flexibility index (Phi) is 4.59. The predicted molar refractivity (Wildman–Crippen MR) is 115 cm³/mol. The first-order valence-electron chi connectivity index (χ1n) is 10.1. The van der Waals surface area contributed by atoms with Gasteiger partial charge in [0.2, 0.25) is 0 Å². The Morgan fingerprint density at radius 3 is 2.60 bits per heavy atom. The van der Waals surface area contributed by atoms with Gasteiger partial charge in [0, 0.05) is 39.1 Å². The predicted octanol–water partition coefficient (Wildman–Crippen LogP) is 2.86. The van der Waals surface area contributed by atoms with Gasteiger partial charge in [-0.3, -0.25) is 14.4 Å². The first-order chi connectivity index (χ1) is 14.6. The van der Waals surface area contributed by atoms with E-state index in [9.17, 15) is 4.79 Å². The van der Waals surface area contributed by atoms with Crippen molar-refractivity contribution in [2.45, 2.75) is 6.04 Å². The normalized spacial score (nSPS) is 17.5. The summed E-state index contributed by atoms with van der Waals surface area (Å²) >= 11 is 0.